The molecule has 2 aliphatic carbocycles. The van der Waals surface area contributed by atoms with Crippen LogP contribution < -0.4 is 26.8 Å². The maximum absolute atomic E-state index is 14.0. The number of hydrogen-bond acceptors (Lipinski definition) is 10. The maximum Gasteiger partial charge on any atom is 0.329 e. The smallest absolute Gasteiger partial charge is 0.329 e. The maximum atomic E-state index is 14.0. The van der Waals surface area contributed by atoms with Crippen LogP contribution in [0.2, 0.25) is 0 Å². The molecule has 1 amide bonds. The summed E-state index contributed by atoms with van der Waals surface area (Å²) < 4.78 is 62.4. The van der Waals surface area contributed by atoms with Gasteiger partial charge in [-0.1, -0.05) is 12.5 Å². The van der Waals surface area contributed by atoms with Crippen molar-refractivity contribution >= 4 is 55.3 Å². The molecule has 2 N–H and O–H groups in total. The average Bonchev–Trinajstić information content (AvgIpc) is 3.90. The van der Waals surface area contributed by atoms with E-state index >= 15 is 0 Å². The molecule has 0 bridgehead atoms. The van der Waals surface area contributed by atoms with Crippen LogP contribution in [0, 0.1) is 18.3 Å². The number of sulfonamides is 1. The zero-order valence-electron chi connectivity index (χ0n) is 37.3. The summed E-state index contributed by atoms with van der Waals surface area (Å²) in [5.74, 6) is 0.546. The Morgan fingerprint density at radius 1 is 0.938 bits per heavy atom. The van der Waals surface area contributed by atoms with Crippen molar-refractivity contribution in [3.63, 3.8) is 0 Å². The number of aryl methyl sites for hydroxylation is 2. The zero-order chi connectivity index (χ0) is 45.4. The largest absolute Gasteiger partial charge is 0.373 e. The van der Waals surface area contributed by atoms with Gasteiger partial charge in [-0.3, -0.25) is 23.3 Å². The van der Waals surface area contributed by atoms with E-state index < -0.39 is 33.6 Å². The Balaban J connectivity index is 0.759. The van der Waals surface area contributed by atoms with Crippen molar-refractivity contribution in [2.75, 3.05) is 56.5 Å². The van der Waals surface area contributed by atoms with Crippen LogP contribution in [-0.2, 0) is 21.9 Å². The third kappa shape index (κ3) is 7.82. The van der Waals surface area contributed by atoms with E-state index in [2.05, 4.69) is 32.5 Å². The van der Waals surface area contributed by atoms with Gasteiger partial charge in [-0.15, -0.1) is 0 Å². The predicted octanol–water partition coefficient (Wildman–Crippen LogP) is 6.39. The lowest BCUT2D eigenvalue weighted by Gasteiger charge is -2.42. The van der Waals surface area contributed by atoms with Crippen molar-refractivity contribution in [3.8, 4) is 0 Å². The fourth-order valence-corrected chi connectivity index (χ4v) is 13.1. The molecule has 5 aliphatic rings. The minimum Gasteiger partial charge on any atom is -0.373 e. The van der Waals surface area contributed by atoms with Crippen molar-refractivity contribution in [1.82, 2.24) is 38.2 Å². The van der Waals surface area contributed by atoms with Gasteiger partial charge in [0, 0.05) is 69.6 Å². The van der Waals surface area contributed by atoms with Crippen LogP contribution in [0.3, 0.4) is 0 Å². The third-order valence-electron chi connectivity index (χ3n) is 15.4. The molecule has 65 heavy (non-hydrogen) atoms. The molecule has 5 aromatic rings. The summed E-state index contributed by atoms with van der Waals surface area (Å²) in [6.07, 6.45) is 8.16. The molecule has 6 heterocycles. The number of alkyl halides is 2. The van der Waals surface area contributed by atoms with E-state index in [0.717, 1.165) is 101 Å². The Kier molecular flexibility index (Phi) is 11.4. The lowest BCUT2D eigenvalue weighted by Crippen LogP contribution is -2.49. The number of carbonyl (C=O) groups is 1. The molecule has 2 unspecified atom stereocenters. The number of piperidine rings is 3. The Morgan fingerprint density at radius 2 is 1.71 bits per heavy atom. The first-order valence-corrected chi connectivity index (χ1v) is 24.7. The predicted molar refractivity (Wildman–Crippen MR) is 246 cm³/mol. The molecule has 3 aliphatic heterocycles. The summed E-state index contributed by atoms with van der Waals surface area (Å²) in [4.78, 5) is 53.8. The lowest BCUT2D eigenvalue weighted by atomic mass is 9.93. The molecule has 3 saturated heterocycles. The van der Waals surface area contributed by atoms with Gasteiger partial charge in [-0.05, 0) is 138 Å². The molecular formula is C47H58F2N10O5S. The highest BCUT2D eigenvalue weighted by atomic mass is 32.2. The zero-order valence-corrected chi connectivity index (χ0v) is 38.1. The van der Waals surface area contributed by atoms with Gasteiger partial charge in [0.15, 0.2) is 0 Å². The third-order valence-corrected chi connectivity index (χ3v) is 17.3. The van der Waals surface area contributed by atoms with Crippen molar-refractivity contribution in [2.45, 2.75) is 107 Å². The second-order valence-electron chi connectivity index (χ2n) is 19.2. The number of imidazole rings is 1. The van der Waals surface area contributed by atoms with Gasteiger partial charge >= 0.3 is 5.69 Å². The minimum absolute atomic E-state index is 0.0339. The van der Waals surface area contributed by atoms with E-state index in [1.54, 1.807) is 38.7 Å². The van der Waals surface area contributed by atoms with Gasteiger partial charge in [-0.2, -0.15) is 9.29 Å². The van der Waals surface area contributed by atoms with Crippen LogP contribution in [0.15, 0.2) is 63.1 Å². The number of rotatable bonds is 11. The summed E-state index contributed by atoms with van der Waals surface area (Å²) in [7, 11) is 0.0958. The number of pyridine rings is 1. The van der Waals surface area contributed by atoms with Crippen LogP contribution in [0.4, 0.5) is 26.1 Å². The lowest BCUT2D eigenvalue weighted by molar-refractivity contribution is -0.125. The number of anilines is 3. The Hall–Kier alpha value is -5.20. The number of carbonyl (C=O) groups excluding carboxylic acids is 1. The van der Waals surface area contributed by atoms with Crippen molar-refractivity contribution in [3.05, 3.63) is 80.6 Å². The summed E-state index contributed by atoms with van der Waals surface area (Å²) in [6.45, 7) is 6.03. The van der Waals surface area contributed by atoms with Crippen LogP contribution in [-0.4, -0.2) is 99.6 Å². The summed E-state index contributed by atoms with van der Waals surface area (Å²) >= 11 is 0. The molecule has 18 heteroatoms. The second kappa shape index (κ2) is 16.9. The number of para-hydroxylation sites is 1. The fraction of sp³-hybridized carbons (Fsp3) is 0.553. The highest BCUT2D eigenvalue weighted by Crippen LogP contribution is 2.63. The van der Waals surface area contributed by atoms with E-state index in [1.807, 2.05) is 25.1 Å². The summed E-state index contributed by atoms with van der Waals surface area (Å²) in [5, 5.41) is 6.49. The quantitative estimate of drug-likeness (QED) is 0.152. The van der Waals surface area contributed by atoms with E-state index in [9.17, 15) is 31.6 Å². The number of benzene rings is 2. The summed E-state index contributed by atoms with van der Waals surface area (Å²) in [5.41, 5.74) is 2.73. The monoisotopic (exact) mass is 912 g/mol. The minimum atomic E-state index is -3.76. The van der Waals surface area contributed by atoms with Crippen LogP contribution in [0.25, 0.3) is 22.1 Å². The highest BCUT2D eigenvalue weighted by Gasteiger charge is 2.53. The normalized spacial score (nSPS) is 22.3. The van der Waals surface area contributed by atoms with Crippen LogP contribution >= 0.6 is 0 Å². The molecule has 2 aromatic carbocycles. The molecule has 3 aromatic heterocycles. The molecule has 346 valence electrons. The number of amides is 1. The van der Waals surface area contributed by atoms with E-state index in [-0.39, 0.29) is 33.9 Å². The average molecular weight is 913 g/mol. The summed E-state index contributed by atoms with van der Waals surface area (Å²) in [6, 6.07) is 11.7. The first-order valence-electron chi connectivity index (χ1n) is 23.2. The van der Waals surface area contributed by atoms with Crippen molar-refractivity contribution in [1.29, 1.82) is 0 Å². The number of aromatic nitrogens is 5. The van der Waals surface area contributed by atoms with E-state index in [0.29, 0.717) is 60.3 Å². The number of nitrogens with one attached hydrogen (secondary N) is 2. The molecule has 15 nitrogen and oxygen atoms in total. The molecular weight excluding hydrogens is 855 g/mol. The number of fused-ring (bicyclic) bond motifs is 2. The first-order chi connectivity index (χ1) is 31.2. The topological polar surface area (TPSA) is 160 Å². The number of nitrogens with zero attached hydrogens (tertiary/aromatic N) is 8. The SMILES string of the molecule is Cc1cc(S(=O)(=O)N2CCC(N3CCC(CN(C)c4cccc5c4n(C)c(=O)n5C4CCCNC4=O)CC3)CC2)ccc1Nc1ncc2cc(C(F)F)c(=O)n(C3CCCC34CC4)c2n1. The molecule has 10 rings (SSSR count). The molecule has 5 fully saturated rings. The first kappa shape index (κ1) is 43.7. The van der Waals surface area contributed by atoms with Gasteiger partial charge in [0.25, 0.3) is 12.0 Å². The van der Waals surface area contributed by atoms with E-state index in [1.165, 1.54) is 16.8 Å². The second-order valence-corrected chi connectivity index (χ2v) is 21.2. The van der Waals surface area contributed by atoms with Gasteiger partial charge < -0.3 is 20.4 Å². The van der Waals surface area contributed by atoms with Gasteiger partial charge in [0.2, 0.25) is 21.9 Å². The van der Waals surface area contributed by atoms with Gasteiger partial charge in [0.05, 0.1) is 27.2 Å². The van der Waals surface area contributed by atoms with Crippen LogP contribution in [0.1, 0.15) is 100 Å². The Morgan fingerprint density at radius 3 is 2.42 bits per heavy atom. The molecule has 2 atom stereocenters. The number of halogens is 2. The number of hydrogen-bond donors (Lipinski definition) is 2. The van der Waals surface area contributed by atoms with Crippen molar-refractivity contribution < 1.29 is 22.0 Å². The standard InChI is InChI=1S/C47H58F2N10O5S/c1-29-25-33(11-12-35(29)52-45-51-27-31-26-34(41(48)49)44(61)59(42(31)53-45)39-10-5-17-47(39)18-19-47)65(63,64)57-23-15-32(16-24-57)56-21-13-30(14-22-56)28-54(2)36-7-4-8-37-40(36)55(3)46(62)58(37)38-9-6-20-50-43(38)60/h4,7-8,11-12,25-27,30,32,38-39,41H,5-6,9-10,13-24,28H2,1-3H3,(H,50,60)(H,51,52,53). The highest BCUT2D eigenvalue weighted by molar-refractivity contribution is 7.89. The Bertz CT molecular complexity index is 2900. The number of likely N-dealkylation sites (tertiary alicyclic amines) is 1. The van der Waals surface area contributed by atoms with Crippen molar-refractivity contribution in [2.24, 2.45) is 18.4 Å². The van der Waals surface area contributed by atoms with Crippen LogP contribution in [0.5, 0.6) is 0 Å². The van der Waals surface area contributed by atoms with Gasteiger partial charge in [-0.25, -0.2) is 27.0 Å². The Labute approximate surface area is 376 Å². The molecule has 1 spiro atoms. The fourth-order valence-electron chi connectivity index (χ4n) is 11.6. The molecule has 0 radical (unpaired) electrons. The van der Waals surface area contributed by atoms with Gasteiger partial charge in [0.1, 0.15) is 11.7 Å². The molecule has 2 saturated carbocycles. The van der Waals surface area contributed by atoms with E-state index in [4.69, 9.17) is 4.98 Å².